The predicted molar refractivity (Wildman–Crippen MR) is 94.6 cm³/mol. The molecule has 0 radical (unpaired) electrons. The van der Waals surface area contributed by atoms with Gasteiger partial charge in [-0.2, -0.15) is 0 Å². The minimum Gasteiger partial charge on any atom is -0.497 e. The number of rotatable bonds is 5. The van der Waals surface area contributed by atoms with E-state index in [1.807, 2.05) is 12.1 Å². The van der Waals surface area contributed by atoms with Crippen molar-refractivity contribution in [2.75, 3.05) is 18.2 Å². The lowest BCUT2D eigenvalue weighted by Crippen LogP contribution is -2.25. The van der Waals surface area contributed by atoms with Gasteiger partial charge in [-0.3, -0.25) is 4.79 Å². The van der Waals surface area contributed by atoms with Gasteiger partial charge in [0, 0.05) is 17.8 Å². The summed E-state index contributed by atoms with van der Waals surface area (Å²) in [6.07, 6.45) is -3.69. The van der Waals surface area contributed by atoms with Crippen LogP contribution in [0.15, 0.2) is 41.6 Å². The van der Waals surface area contributed by atoms with Crippen LogP contribution in [-0.2, 0) is 4.79 Å². The molecular formula is C17H13F2N3O4S. The summed E-state index contributed by atoms with van der Waals surface area (Å²) in [6.45, 7) is 0. The SMILES string of the molecule is COc1ccc2nc(SCC(=O)Nc3ccc4c(c3)OC(F)(F)O4)[nH]c2c1. The van der Waals surface area contributed by atoms with E-state index in [1.165, 1.54) is 30.0 Å². The zero-order valence-corrected chi connectivity index (χ0v) is 14.7. The zero-order chi connectivity index (χ0) is 19.0. The van der Waals surface area contributed by atoms with Crippen molar-refractivity contribution < 1.29 is 27.8 Å². The fourth-order valence-corrected chi connectivity index (χ4v) is 3.20. The number of benzene rings is 2. The number of nitrogens with one attached hydrogen (secondary N) is 2. The van der Waals surface area contributed by atoms with Gasteiger partial charge in [0.05, 0.1) is 23.9 Å². The van der Waals surface area contributed by atoms with Gasteiger partial charge in [0.2, 0.25) is 5.91 Å². The number of hydrogen-bond donors (Lipinski definition) is 2. The quantitative estimate of drug-likeness (QED) is 0.644. The van der Waals surface area contributed by atoms with Crippen LogP contribution in [0, 0.1) is 0 Å². The Kier molecular flexibility index (Phi) is 4.27. The summed E-state index contributed by atoms with van der Waals surface area (Å²) in [4.78, 5) is 19.6. The first-order valence-corrected chi connectivity index (χ1v) is 8.77. The number of aromatic nitrogens is 2. The molecule has 0 atom stereocenters. The summed E-state index contributed by atoms with van der Waals surface area (Å²) in [6, 6.07) is 9.48. The van der Waals surface area contributed by atoms with Gasteiger partial charge >= 0.3 is 6.29 Å². The number of H-pyrrole nitrogens is 1. The molecule has 2 aromatic carbocycles. The van der Waals surface area contributed by atoms with E-state index in [0.717, 1.165) is 11.0 Å². The molecule has 1 aliphatic heterocycles. The second kappa shape index (κ2) is 6.62. The molecular weight excluding hydrogens is 380 g/mol. The molecule has 2 N–H and O–H groups in total. The van der Waals surface area contributed by atoms with Crippen LogP contribution in [0.2, 0.25) is 0 Å². The molecule has 4 rings (SSSR count). The van der Waals surface area contributed by atoms with E-state index in [9.17, 15) is 13.6 Å². The minimum absolute atomic E-state index is 0.0786. The second-order valence-electron chi connectivity index (χ2n) is 5.59. The summed E-state index contributed by atoms with van der Waals surface area (Å²) in [7, 11) is 1.58. The van der Waals surface area contributed by atoms with Gasteiger partial charge in [-0.15, -0.1) is 8.78 Å². The molecule has 140 valence electrons. The fourth-order valence-electron chi connectivity index (χ4n) is 2.52. The highest BCUT2D eigenvalue weighted by molar-refractivity contribution is 7.99. The monoisotopic (exact) mass is 393 g/mol. The summed E-state index contributed by atoms with van der Waals surface area (Å²) < 4.78 is 39.9. The van der Waals surface area contributed by atoms with Gasteiger partial charge < -0.3 is 24.5 Å². The van der Waals surface area contributed by atoms with Crippen LogP contribution >= 0.6 is 11.8 Å². The highest BCUT2D eigenvalue weighted by Gasteiger charge is 2.43. The van der Waals surface area contributed by atoms with Crippen molar-refractivity contribution in [1.29, 1.82) is 0 Å². The molecule has 10 heteroatoms. The highest BCUT2D eigenvalue weighted by Crippen LogP contribution is 2.42. The average Bonchev–Trinajstić information content (AvgIpc) is 3.17. The number of nitrogens with zero attached hydrogens (tertiary/aromatic N) is 1. The molecule has 0 spiro atoms. The Labute approximate surface area is 156 Å². The van der Waals surface area contributed by atoms with Gasteiger partial charge in [-0.05, 0) is 24.3 Å². The number of amides is 1. The van der Waals surface area contributed by atoms with Crippen molar-refractivity contribution in [3.8, 4) is 17.2 Å². The summed E-state index contributed by atoms with van der Waals surface area (Å²) >= 11 is 1.22. The first-order chi connectivity index (χ1) is 12.9. The molecule has 1 amide bonds. The number of hydrogen-bond acceptors (Lipinski definition) is 6. The fraction of sp³-hybridized carbons (Fsp3) is 0.176. The Hall–Kier alpha value is -3.01. The van der Waals surface area contributed by atoms with Crippen LogP contribution in [0.25, 0.3) is 11.0 Å². The number of fused-ring (bicyclic) bond motifs is 2. The molecule has 1 aliphatic rings. The molecule has 7 nitrogen and oxygen atoms in total. The van der Waals surface area contributed by atoms with Gasteiger partial charge in [0.25, 0.3) is 0 Å². The van der Waals surface area contributed by atoms with Crippen molar-refractivity contribution in [1.82, 2.24) is 9.97 Å². The third-order valence-corrected chi connectivity index (χ3v) is 4.57. The first kappa shape index (κ1) is 17.4. The molecule has 2 heterocycles. The van der Waals surface area contributed by atoms with Crippen molar-refractivity contribution >= 4 is 34.4 Å². The van der Waals surface area contributed by atoms with Crippen LogP contribution in [-0.4, -0.2) is 35.0 Å². The predicted octanol–water partition coefficient (Wildman–Crippen LogP) is 3.62. The maximum absolute atomic E-state index is 13.0. The van der Waals surface area contributed by atoms with Gasteiger partial charge in [-0.1, -0.05) is 11.8 Å². The molecule has 27 heavy (non-hydrogen) atoms. The molecule has 0 fully saturated rings. The zero-order valence-electron chi connectivity index (χ0n) is 13.9. The van der Waals surface area contributed by atoms with E-state index in [0.29, 0.717) is 16.6 Å². The highest BCUT2D eigenvalue weighted by atomic mass is 32.2. The normalized spacial score (nSPS) is 14.3. The largest absolute Gasteiger partial charge is 0.586 e. The number of thioether (sulfide) groups is 1. The third kappa shape index (κ3) is 3.75. The number of methoxy groups -OCH3 is 1. The lowest BCUT2D eigenvalue weighted by Gasteiger charge is -2.05. The van der Waals surface area contributed by atoms with E-state index in [4.69, 9.17) is 4.74 Å². The Balaban J connectivity index is 1.38. The standard InChI is InChI=1S/C17H13F2N3O4S/c1-24-10-3-4-11-12(7-10)22-16(21-11)27-8-15(23)20-9-2-5-13-14(6-9)26-17(18,19)25-13/h2-7H,8H2,1H3,(H,20,23)(H,21,22). The lowest BCUT2D eigenvalue weighted by atomic mass is 10.3. The maximum atomic E-state index is 13.0. The summed E-state index contributed by atoms with van der Waals surface area (Å²) in [5, 5.41) is 3.20. The van der Waals surface area contributed by atoms with Crippen LogP contribution in [0.3, 0.4) is 0 Å². The number of carbonyl (C=O) groups is 1. The number of carbonyl (C=O) groups excluding carboxylic acids is 1. The molecule has 3 aromatic rings. The van der Waals surface area contributed by atoms with Crippen LogP contribution in [0.1, 0.15) is 0 Å². The Morgan fingerprint density at radius 2 is 2.07 bits per heavy atom. The van der Waals surface area contributed by atoms with Gasteiger partial charge in [0.15, 0.2) is 16.7 Å². The molecule has 0 aliphatic carbocycles. The number of imidazole rings is 1. The molecule has 0 unspecified atom stereocenters. The first-order valence-electron chi connectivity index (χ1n) is 7.78. The molecule has 0 saturated carbocycles. The number of aromatic amines is 1. The smallest absolute Gasteiger partial charge is 0.497 e. The van der Waals surface area contributed by atoms with Crippen molar-refractivity contribution in [3.63, 3.8) is 0 Å². The van der Waals surface area contributed by atoms with E-state index < -0.39 is 6.29 Å². The number of ether oxygens (including phenoxy) is 3. The Bertz CT molecular complexity index is 1020. The summed E-state index contributed by atoms with van der Waals surface area (Å²) in [5.74, 6) is 0.265. The van der Waals surface area contributed by atoms with Crippen LogP contribution in [0.4, 0.5) is 14.5 Å². The van der Waals surface area contributed by atoms with E-state index in [-0.39, 0.29) is 23.2 Å². The summed E-state index contributed by atoms with van der Waals surface area (Å²) in [5.41, 5.74) is 1.89. The Morgan fingerprint density at radius 3 is 2.89 bits per heavy atom. The van der Waals surface area contributed by atoms with E-state index in [2.05, 4.69) is 24.8 Å². The lowest BCUT2D eigenvalue weighted by molar-refractivity contribution is -0.286. The number of anilines is 1. The van der Waals surface area contributed by atoms with E-state index in [1.54, 1.807) is 13.2 Å². The van der Waals surface area contributed by atoms with Gasteiger partial charge in [0.1, 0.15) is 5.75 Å². The Morgan fingerprint density at radius 1 is 1.26 bits per heavy atom. The average molecular weight is 393 g/mol. The van der Waals surface area contributed by atoms with Crippen molar-refractivity contribution in [2.45, 2.75) is 11.5 Å². The molecule has 1 aromatic heterocycles. The van der Waals surface area contributed by atoms with Crippen LogP contribution < -0.4 is 19.5 Å². The minimum atomic E-state index is -3.69. The van der Waals surface area contributed by atoms with Crippen molar-refractivity contribution in [2.24, 2.45) is 0 Å². The third-order valence-electron chi connectivity index (χ3n) is 3.69. The van der Waals surface area contributed by atoms with Gasteiger partial charge in [-0.25, -0.2) is 4.98 Å². The second-order valence-corrected chi connectivity index (χ2v) is 6.55. The topological polar surface area (TPSA) is 85.5 Å². The molecule has 0 bridgehead atoms. The maximum Gasteiger partial charge on any atom is 0.586 e. The number of halogens is 2. The number of alkyl halides is 2. The van der Waals surface area contributed by atoms with E-state index >= 15 is 0 Å². The molecule has 0 saturated heterocycles. The van der Waals surface area contributed by atoms with Crippen molar-refractivity contribution in [3.05, 3.63) is 36.4 Å². The van der Waals surface area contributed by atoms with Crippen LogP contribution in [0.5, 0.6) is 17.2 Å².